The van der Waals surface area contributed by atoms with Gasteiger partial charge in [0.1, 0.15) is 0 Å². The molecule has 0 amide bonds. The Bertz CT molecular complexity index is 674. The van der Waals surface area contributed by atoms with Gasteiger partial charge >= 0.3 is 6.61 Å². The number of aliphatic hydroxyl groups is 1. The number of aliphatic hydroxyl groups excluding tert-OH is 1. The Balaban J connectivity index is 2.08. The number of benzene rings is 1. The van der Waals surface area contributed by atoms with Crippen molar-refractivity contribution in [2.45, 2.75) is 33.5 Å². The van der Waals surface area contributed by atoms with E-state index in [1.165, 1.54) is 6.07 Å². The Morgan fingerprint density at radius 1 is 1.35 bits per heavy atom. The molecular formula is C15H18F3N3O2. The maximum Gasteiger partial charge on any atom is 0.387 e. The van der Waals surface area contributed by atoms with E-state index in [-0.39, 0.29) is 6.61 Å². The van der Waals surface area contributed by atoms with Crippen molar-refractivity contribution in [2.24, 2.45) is 0 Å². The van der Waals surface area contributed by atoms with Crippen LogP contribution < -0.4 is 10.1 Å². The van der Waals surface area contributed by atoms with E-state index in [0.717, 1.165) is 29.1 Å². The van der Waals surface area contributed by atoms with E-state index in [1.54, 1.807) is 4.68 Å². The molecule has 1 aromatic heterocycles. The first-order valence-electron chi connectivity index (χ1n) is 7.04. The summed E-state index contributed by atoms with van der Waals surface area (Å²) in [6, 6.07) is 3.71. The number of alkyl halides is 2. The Morgan fingerprint density at radius 2 is 2.09 bits per heavy atom. The zero-order chi connectivity index (χ0) is 17.0. The molecule has 0 spiro atoms. The van der Waals surface area contributed by atoms with Gasteiger partial charge in [-0.1, -0.05) is 0 Å². The van der Waals surface area contributed by atoms with Gasteiger partial charge in [-0.2, -0.15) is 13.9 Å². The second kappa shape index (κ2) is 7.36. The van der Waals surface area contributed by atoms with Crippen LogP contribution in [0, 0.1) is 19.7 Å². The molecule has 0 saturated carbocycles. The molecule has 126 valence electrons. The molecule has 23 heavy (non-hydrogen) atoms. The highest BCUT2D eigenvalue weighted by molar-refractivity contribution is 5.48. The molecule has 0 saturated heterocycles. The van der Waals surface area contributed by atoms with Crippen LogP contribution in [0.2, 0.25) is 0 Å². The highest BCUT2D eigenvalue weighted by Gasteiger charge is 2.13. The minimum absolute atomic E-state index is 0.00829. The van der Waals surface area contributed by atoms with Crippen molar-refractivity contribution < 1.29 is 23.0 Å². The zero-order valence-electron chi connectivity index (χ0n) is 12.8. The fraction of sp³-hybridized carbons (Fsp3) is 0.400. The standard InChI is InChI=1S/C15H18F3N3O2/c1-9-12(10(2)21(20-9)5-6-22)8-19-11-3-4-14(13(16)7-11)23-15(17)18/h3-4,7,15,19,22H,5-6,8H2,1-2H3. The van der Waals surface area contributed by atoms with Crippen LogP contribution in [0.4, 0.5) is 18.9 Å². The first-order valence-corrected chi connectivity index (χ1v) is 7.04. The Morgan fingerprint density at radius 3 is 2.70 bits per heavy atom. The van der Waals surface area contributed by atoms with Crippen LogP contribution in [0.1, 0.15) is 17.0 Å². The van der Waals surface area contributed by atoms with Gasteiger partial charge in [-0.15, -0.1) is 0 Å². The maximum atomic E-state index is 13.7. The number of hydrogen-bond acceptors (Lipinski definition) is 4. The molecule has 2 rings (SSSR count). The quantitative estimate of drug-likeness (QED) is 0.820. The molecule has 5 nitrogen and oxygen atoms in total. The second-order valence-electron chi connectivity index (χ2n) is 4.97. The van der Waals surface area contributed by atoms with E-state index in [9.17, 15) is 13.2 Å². The average molecular weight is 329 g/mol. The van der Waals surface area contributed by atoms with E-state index in [0.29, 0.717) is 18.8 Å². The number of rotatable bonds is 7. The van der Waals surface area contributed by atoms with Crippen molar-refractivity contribution in [1.29, 1.82) is 0 Å². The fourth-order valence-electron chi connectivity index (χ4n) is 2.30. The van der Waals surface area contributed by atoms with Crippen molar-refractivity contribution in [1.82, 2.24) is 9.78 Å². The number of halogens is 3. The van der Waals surface area contributed by atoms with Gasteiger partial charge in [-0.3, -0.25) is 4.68 Å². The number of anilines is 1. The summed E-state index contributed by atoms with van der Waals surface area (Å²) in [6.45, 7) is 1.46. The third-order valence-electron chi connectivity index (χ3n) is 3.46. The Hall–Kier alpha value is -2.22. The van der Waals surface area contributed by atoms with Crippen LogP contribution in [0.15, 0.2) is 18.2 Å². The lowest BCUT2D eigenvalue weighted by Gasteiger charge is -2.10. The highest BCUT2D eigenvalue weighted by Crippen LogP contribution is 2.23. The van der Waals surface area contributed by atoms with Gasteiger partial charge in [0.25, 0.3) is 0 Å². The van der Waals surface area contributed by atoms with E-state index < -0.39 is 18.2 Å². The molecule has 0 unspecified atom stereocenters. The average Bonchev–Trinajstić information content (AvgIpc) is 2.74. The summed E-state index contributed by atoms with van der Waals surface area (Å²) in [6.07, 6.45) is 0. The Labute approximate surface area is 131 Å². The summed E-state index contributed by atoms with van der Waals surface area (Å²) in [5.74, 6) is -1.35. The van der Waals surface area contributed by atoms with E-state index in [2.05, 4.69) is 15.2 Å². The molecule has 0 radical (unpaired) electrons. The van der Waals surface area contributed by atoms with Crippen molar-refractivity contribution in [3.63, 3.8) is 0 Å². The van der Waals surface area contributed by atoms with Crippen LogP contribution in [0.3, 0.4) is 0 Å². The molecule has 1 aromatic carbocycles. The number of aromatic nitrogens is 2. The van der Waals surface area contributed by atoms with E-state index >= 15 is 0 Å². The first-order chi connectivity index (χ1) is 10.9. The van der Waals surface area contributed by atoms with Gasteiger partial charge < -0.3 is 15.2 Å². The number of hydrogen-bond donors (Lipinski definition) is 2. The van der Waals surface area contributed by atoms with Crippen LogP contribution in [-0.4, -0.2) is 28.1 Å². The monoisotopic (exact) mass is 329 g/mol. The normalized spacial score (nSPS) is 11.1. The van der Waals surface area contributed by atoms with Crippen LogP contribution in [0.25, 0.3) is 0 Å². The molecule has 0 fully saturated rings. The van der Waals surface area contributed by atoms with Crippen LogP contribution in [-0.2, 0) is 13.1 Å². The van der Waals surface area contributed by atoms with Crippen molar-refractivity contribution in [2.75, 3.05) is 11.9 Å². The maximum absolute atomic E-state index is 13.7. The molecular weight excluding hydrogens is 311 g/mol. The van der Waals surface area contributed by atoms with E-state index in [4.69, 9.17) is 5.11 Å². The molecule has 0 aliphatic rings. The fourth-order valence-corrected chi connectivity index (χ4v) is 2.30. The molecule has 0 atom stereocenters. The predicted molar refractivity (Wildman–Crippen MR) is 79.1 cm³/mol. The van der Waals surface area contributed by atoms with Crippen molar-refractivity contribution >= 4 is 5.69 Å². The molecule has 2 aromatic rings. The van der Waals surface area contributed by atoms with Crippen LogP contribution in [0.5, 0.6) is 5.75 Å². The lowest BCUT2D eigenvalue weighted by molar-refractivity contribution is -0.0521. The third-order valence-corrected chi connectivity index (χ3v) is 3.46. The number of nitrogens with one attached hydrogen (secondary N) is 1. The molecule has 0 aliphatic heterocycles. The van der Waals surface area contributed by atoms with Gasteiger partial charge in [0.05, 0.1) is 18.8 Å². The number of nitrogens with zero attached hydrogens (tertiary/aromatic N) is 2. The molecule has 2 N–H and O–H groups in total. The molecule has 0 aliphatic carbocycles. The largest absolute Gasteiger partial charge is 0.432 e. The second-order valence-corrected chi connectivity index (χ2v) is 4.97. The predicted octanol–water partition coefficient (Wildman–Crippen LogP) is 2.84. The summed E-state index contributed by atoms with van der Waals surface area (Å²) in [7, 11) is 0. The minimum atomic E-state index is -3.06. The summed E-state index contributed by atoms with van der Waals surface area (Å²) in [4.78, 5) is 0. The van der Waals surface area contributed by atoms with E-state index in [1.807, 2.05) is 13.8 Å². The smallest absolute Gasteiger partial charge is 0.387 e. The molecule has 0 bridgehead atoms. The molecule has 1 heterocycles. The summed E-state index contributed by atoms with van der Waals surface area (Å²) >= 11 is 0. The van der Waals surface area contributed by atoms with Gasteiger partial charge in [0, 0.05) is 29.6 Å². The lowest BCUT2D eigenvalue weighted by atomic mass is 10.2. The SMILES string of the molecule is Cc1nn(CCO)c(C)c1CNc1ccc(OC(F)F)c(F)c1. The Kier molecular flexibility index (Phi) is 5.49. The topological polar surface area (TPSA) is 59.3 Å². The van der Waals surface area contributed by atoms with Gasteiger partial charge in [0.15, 0.2) is 11.6 Å². The van der Waals surface area contributed by atoms with Gasteiger partial charge in [-0.05, 0) is 26.0 Å². The number of ether oxygens (including phenoxy) is 1. The summed E-state index contributed by atoms with van der Waals surface area (Å²) < 4.78 is 43.6. The summed E-state index contributed by atoms with van der Waals surface area (Å²) in [5, 5.41) is 16.3. The molecule has 8 heteroatoms. The van der Waals surface area contributed by atoms with Gasteiger partial charge in [-0.25, -0.2) is 4.39 Å². The van der Waals surface area contributed by atoms with Crippen molar-refractivity contribution in [3.8, 4) is 5.75 Å². The number of aryl methyl sites for hydroxylation is 1. The summed E-state index contributed by atoms with van der Waals surface area (Å²) in [5.41, 5.74) is 3.09. The lowest BCUT2D eigenvalue weighted by Crippen LogP contribution is -2.07. The first kappa shape index (κ1) is 17.1. The third kappa shape index (κ3) is 4.16. The zero-order valence-corrected chi connectivity index (χ0v) is 12.8. The van der Waals surface area contributed by atoms with Crippen molar-refractivity contribution in [3.05, 3.63) is 41.0 Å². The minimum Gasteiger partial charge on any atom is -0.432 e. The van der Waals surface area contributed by atoms with Crippen LogP contribution >= 0.6 is 0 Å². The van der Waals surface area contributed by atoms with Gasteiger partial charge in [0.2, 0.25) is 0 Å². The highest BCUT2D eigenvalue weighted by atomic mass is 19.3.